The van der Waals surface area contributed by atoms with Crippen molar-refractivity contribution in [1.82, 2.24) is 0 Å². The molecule has 0 unspecified atom stereocenters. The summed E-state index contributed by atoms with van der Waals surface area (Å²) in [6.07, 6.45) is 4.54. The second-order valence-electron chi connectivity index (χ2n) is 4.81. The molecule has 21 heavy (non-hydrogen) atoms. The van der Waals surface area contributed by atoms with Gasteiger partial charge in [-0.2, -0.15) is 0 Å². The van der Waals surface area contributed by atoms with Gasteiger partial charge in [-0.25, -0.2) is 8.78 Å². The highest BCUT2D eigenvalue weighted by Gasteiger charge is 2.11. The van der Waals surface area contributed by atoms with Crippen molar-refractivity contribution in [3.63, 3.8) is 0 Å². The fraction of sp³-hybridized carbons (Fsp3) is 0.294. The maximum absolute atomic E-state index is 13.5. The number of aryl methyl sites for hydroxylation is 2. The van der Waals surface area contributed by atoms with Crippen LogP contribution in [0.5, 0.6) is 11.5 Å². The summed E-state index contributed by atoms with van der Waals surface area (Å²) in [5.74, 6) is -0.628. The molecule has 0 fully saturated rings. The summed E-state index contributed by atoms with van der Waals surface area (Å²) in [6, 6.07) is 9.16. The molecule has 2 aromatic rings. The molecule has 0 aliphatic heterocycles. The average Bonchev–Trinajstić information content (AvgIpc) is 2.52. The average molecular weight is 291 g/mol. The van der Waals surface area contributed by atoms with Gasteiger partial charge in [-0.3, -0.25) is 0 Å². The highest BCUT2D eigenvalue weighted by atomic mass is 19.1. The van der Waals surface area contributed by atoms with Crippen LogP contribution in [0, 0.1) is 11.6 Å². The fourth-order valence-electron chi connectivity index (χ4n) is 2.46. The summed E-state index contributed by atoms with van der Waals surface area (Å²) in [5, 5.41) is 0. The Morgan fingerprint density at radius 1 is 0.905 bits per heavy atom. The molecular formula is C17H19F2NO. The van der Waals surface area contributed by atoms with Crippen LogP contribution in [0.15, 0.2) is 36.4 Å². The van der Waals surface area contributed by atoms with Crippen molar-refractivity contribution in [3.8, 4) is 11.5 Å². The van der Waals surface area contributed by atoms with E-state index in [1.165, 1.54) is 43.1 Å². The second-order valence-corrected chi connectivity index (χ2v) is 4.81. The van der Waals surface area contributed by atoms with Crippen LogP contribution in [0.4, 0.5) is 8.78 Å². The minimum atomic E-state index is -0.683. The molecule has 0 atom stereocenters. The van der Waals surface area contributed by atoms with E-state index < -0.39 is 11.6 Å². The van der Waals surface area contributed by atoms with Gasteiger partial charge in [0, 0.05) is 6.07 Å². The highest BCUT2D eigenvalue weighted by molar-refractivity contribution is 5.39. The van der Waals surface area contributed by atoms with Crippen LogP contribution in [0.3, 0.4) is 0 Å². The van der Waals surface area contributed by atoms with Crippen LogP contribution in [0.2, 0.25) is 0 Å². The van der Waals surface area contributed by atoms with Gasteiger partial charge >= 0.3 is 0 Å². The molecule has 0 aromatic heterocycles. The fourth-order valence-corrected chi connectivity index (χ4v) is 2.46. The van der Waals surface area contributed by atoms with Crippen molar-refractivity contribution in [2.45, 2.75) is 25.7 Å². The number of fused-ring (bicyclic) bond motifs is 1. The zero-order chi connectivity index (χ0) is 15.2. The molecule has 112 valence electrons. The first-order valence-electron chi connectivity index (χ1n) is 7.05. The first kappa shape index (κ1) is 15.4. The van der Waals surface area contributed by atoms with Gasteiger partial charge < -0.3 is 10.5 Å². The van der Waals surface area contributed by atoms with Gasteiger partial charge in [0.25, 0.3) is 0 Å². The summed E-state index contributed by atoms with van der Waals surface area (Å²) in [7, 11) is 1.50. The number of hydrogen-bond acceptors (Lipinski definition) is 2. The van der Waals surface area contributed by atoms with E-state index in [9.17, 15) is 8.78 Å². The lowest BCUT2D eigenvalue weighted by Gasteiger charge is -2.16. The summed E-state index contributed by atoms with van der Waals surface area (Å²) >= 11 is 0. The van der Waals surface area contributed by atoms with Gasteiger partial charge in [0.2, 0.25) is 0 Å². The van der Waals surface area contributed by atoms with Crippen molar-refractivity contribution in [1.29, 1.82) is 0 Å². The molecule has 0 bridgehead atoms. The van der Waals surface area contributed by atoms with E-state index in [1.807, 2.05) is 18.2 Å². The zero-order valence-electron chi connectivity index (χ0n) is 12.0. The Labute approximate surface area is 123 Å². The number of benzene rings is 2. The Bertz CT molecular complexity index is 614. The Balaban J connectivity index is 0.000000774. The second kappa shape index (κ2) is 7.18. The van der Waals surface area contributed by atoms with E-state index >= 15 is 0 Å². The van der Waals surface area contributed by atoms with E-state index in [2.05, 4.69) is 5.73 Å². The maximum atomic E-state index is 13.5. The Morgan fingerprint density at radius 2 is 1.62 bits per heavy atom. The zero-order valence-corrected chi connectivity index (χ0v) is 12.0. The van der Waals surface area contributed by atoms with Crippen LogP contribution in [-0.2, 0) is 12.8 Å². The molecule has 1 aliphatic carbocycles. The molecule has 0 saturated carbocycles. The van der Waals surface area contributed by atoms with E-state index in [-0.39, 0.29) is 5.75 Å². The first-order chi connectivity index (χ1) is 10.2. The molecule has 0 amide bonds. The third-order valence-corrected chi connectivity index (χ3v) is 3.44. The molecule has 3 rings (SSSR count). The van der Waals surface area contributed by atoms with Gasteiger partial charge in [0.05, 0.1) is 0 Å². The molecule has 2 aromatic carbocycles. The van der Waals surface area contributed by atoms with Gasteiger partial charge in [-0.1, -0.05) is 6.07 Å². The van der Waals surface area contributed by atoms with Crippen LogP contribution < -0.4 is 10.5 Å². The van der Waals surface area contributed by atoms with Gasteiger partial charge in [0.1, 0.15) is 11.6 Å². The van der Waals surface area contributed by atoms with Gasteiger partial charge in [-0.05, 0) is 68.1 Å². The smallest absolute Gasteiger partial charge is 0.168 e. The van der Waals surface area contributed by atoms with Crippen molar-refractivity contribution in [3.05, 3.63) is 59.2 Å². The van der Waals surface area contributed by atoms with Crippen LogP contribution >= 0.6 is 0 Å². The van der Waals surface area contributed by atoms with Crippen molar-refractivity contribution >= 4 is 0 Å². The molecule has 4 heteroatoms. The predicted molar refractivity (Wildman–Crippen MR) is 79.6 cm³/mol. The first-order valence-corrected chi connectivity index (χ1v) is 7.05. The van der Waals surface area contributed by atoms with Crippen LogP contribution in [-0.4, -0.2) is 7.05 Å². The van der Waals surface area contributed by atoms with Gasteiger partial charge in [0.15, 0.2) is 11.6 Å². The Hall–Kier alpha value is -1.94. The monoisotopic (exact) mass is 291 g/mol. The van der Waals surface area contributed by atoms with E-state index in [0.717, 1.165) is 18.9 Å². The molecule has 2 N–H and O–H groups in total. The number of halogens is 2. The number of rotatable bonds is 2. The molecule has 0 heterocycles. The Kier molecular flexibility index (Phi) is 5.28. The van der Waals surface area contributed by atoms with Crippen molar-refractivity contribution in [2.24, 2.45) is 5.73 Å². The topological polar surface area (TPSA) is 35.2 Å². The Morgan fingerprint density at radius 3 is 2.33 bits per heavy atom. The minimum Gasteiger partial charge on any atom is -0.454 e. The normalized spacial score (nSPS) is 13.0. The van der Waals surface area contributed by atoms with Crippen LogP contribution in [0.25, 0.3) is 0 Å². The molecule has 0 radical (unpaired) electrons. The summed E-state index contributed by atoms with van der Waals surface area (Å²) in [4.78, 5) is 0. The van der Waals surface area contributed by atoms with E-state index in [0.29, 0.717) is 5.75 Å². The van der Waals surface area contributed by atoms with E-state index in [1.54, 1.807) is 0 Å². The van der Waals surface area contributed by atoms with Crippen LogP contribution in [0.1, 0.15) is 24.0 Å². The minimum absolute atomic E-state index is 0.0529. The lowest BCUT2D eigenvalue weighted by atomic mass is 9.92. The van der Waals surface area contributed by atoms with Crippen molar-refractivity contribution in [2.75, 3.05) is 7.05 Å². The number of nitrogens with two attached hydrogens (primary N) is 1. The summed E-state index contributed by atoms with van der Waals surface area (Å²) in [6.45, 7) is 0. The summed E-state index contributed by atoms with van der Waals surface area (Å²) in [5.41, 5.74) is 7.12. The predicted octanol–water partition coefficient (Wildman–Crippen LogP) is 4.21. The highest BCUT2D eigenvalue weighted by Crippen LogP contribution is 2.29. The quantitative estimate of drug-likeness (QED) is 0.899. The lowest BCUT2D eigenvalue weighted by molar-refractivity contribution is 0.436. The molecular weight excluding hydrogens is 272 g/mol. The maximum Gasteiger partial charge on any atom is 0.168 e. The van der Waals surface area contributed by atoms with E-state index in [4.69, 9.17) is 4.74 Å². The number of ether oxygens (including phenoxy) is 1. The van der Waals surface area contributed by atoms with Crippen molar-refractivity contribution < 1.29 is 13.5 Å². The summed E-state index contributed by atoms with van der Waals surface area (Å²) < 4.78 is 31.8. The molecule has 2 nitrogen and oxygen atoms in total. The SMILES string of the molecule is CN.Fc1ccc(Oc2ccc3c(c2)CCCC3)c(F)c1. The molecule has 0 spiro atoms. The third-order valence-electron chi connectivity index (χ3n) is 3.44. The van der Waals surface area contributed by atoms with Gasteiger partial charge in [-0.15, -0.1) is 0 Å². The standard InChI is InChI=1S/C16H14F2O.CH5N/c17-13-6-8-16(15(18)10-13)19-14-7-5-11-3-1-2-4-12(11)9-14;1-2/h5-10H,1-4H2;2H2,1H3. The third kappa shape index (κ3) is 3.79. The largest absolute Gasteiger partial charge is 0.454 e. The molecule has 1 aliphatic rings. The lowest BCUT2D eigenvalue weighted by Crippen LogP contribution is -2.02. The molecule has 0 saturated heterocycles. The number of hydrogen-bond donors (Lipinski definition) is 1.